The lowest BCUT2D eigenvalue weighted by molar-refractivity contribution is -0.125. The SMILES string of the molecule is CCCC1(C(=O)Nc2ccn(C)n2)CCNC1. The van der Waals surface area contributed by atoms with Crippen LogP contribution in [0.25, 0.3) is 0 Å². The van der Waals surface area contributed by atoms with Crippen molar-refractivity contribution in [2.75, 3.05) is 18.4 Å². The van der Waals surface area contributed by atoms with Gasteiger partial charge in [-0.2, -0.15) is 5.10 Å². The monoisotopic (exact) mass is 236 g/mol. The van der Waals surface area contributed by atoms with Gasteiger partial charge in [-0.15, -0.1) is 0 Å². The van der Waals surface area contributed by atoms with Crippen LogP contribution in [0.4, 0.5) is 5.82 Å². The molecule has 0 bridgehead atoms. The normalized spacial score (nSPS) is 23.9. The largest absolute Gasteiger partial charge is 0.316 e. The molecule has 0 spiro atoms. The second kappa shape index (κ2) is 4.87. The van der Waals surface area contributed by atoms with E-state index in [4.69, 9.17) is 0 Å². The molecule has 0 aliphatic carbocycles. The highest BCUT2D eigenvalue weighted by Gasteiger charge is 2.40. The summed E-state index contributed by atoms with van der Waals surface area (Å²) in [7, 11) is 1.84. The number of aromatic nitrogens is 2. The van der Waals surface area contributed by atoms with Crippen molar-refractivity contribution in [1.29, 1.82) is 0 Å². The highest BCUT2D eigenvalue weighted by Crippen LogP contribution is 2.32. The number of nitrogens with one attached hydrogen (secondary N) is 2. The summed E-state index contributed by atoms with van der Waals surface area (Å²) >= 11 is 0. The Hall–Kier alpha value is -1.36. The number of carbonyl (C=O) groups is 1. The molecule has 1 aliphatic heterocycles. The van der Waals surface area contributed by atoms with Crippen molar-refractivity contribution >= 4 is 11.7 Å². The maximum atomic E-state index is 12.3. The minimum absolute atomic E-state index is 0.100. The first kappa shape index (κ1) is 12.1. The molecule has 1 saturated heterocycles. The first-order valence-electron chi connectivity index (χ1n) is 6.18. The van der Waals surface area contributed by atoms with Crippen molar-refractivity contribution in [2.45, 2.75) is 26.2 Å². The molecule has 1 aromatic rings. The minimum atomic E-state index is -0.244. The van der Waals surface area contributed by atoms with Crippen LogP contribution >= 0.6 is 0 Å². The van der Waals surface area contributed by atoms with Gasteiger partial charge in [0.05, 0.1) is 5.41 Å². The fraction of sp³-hybridized carbons (Fsp3) is 0.667. The van der Waals surface area contributed by atoms with Gasteiger partial charge in [0.15, 0.2) is 5.82 Å². The third-order valence-corrected chi connectivity index (χ3v) is 3.41. The van der Waals surface area contributed by atoms with Crippen LogP contribution in [0.15, 0.2) is 12.3 Å². The summed E-state index contributed by atoms with van der Waals surface area (Å²) in [5, 5.41) is 10.4. The minimum Gasteiger partial charge on any atom is -0.316 e. The van der Waals surface area contributed by atoms with Gasteiger partial charge in [0.2, 0.25) is 5.91 Å². The molecule has 2 heterocycles. The smallest absolute Gasteiger partial charge is 0.233 e. The average molecular weight is 236 g/mol. The van der Waals surface area contributed by atoms with Gasteiger partial charge in [0.1, 0.15) is 0 Å². The van der Waals surface area contributed by atoms with Crippen LogP contribution < -0.4 is 10.6 Å². The Bertz CT molecular complexity index is 393. The quantitative estimate of drug-likeness (QED) is 0.824. The molecule has 5 nitrogen and oxygen atoms in total. The van der Waals surface area contributed by atoms with Gasteiger partial charge in [-0.25, -0.2) is 0 Å². The lowest BCUT2D eigenvalue weighted by atomic mass is 9.81. The molecule has 1 fully saturated rings. The van der Waals surface area contributed by atoms with Crippen molar-refractivity contribution in [2.24, 2.45) is 12.5 Å². The maximum absolute atomic E-state index is 12.3. The molecule has 0 aromatic carbocycles. The second-order valence-electron chi connectivity index (χ2n) is 4.79. The zero-order valence-corrected chi connectivity index (χ0v) is 10.5. The van der Waals surface area contributed by atoms with E-state index in [1.165, 1.54) is 0 Å². The van der Waals surface area contributed by atoms with Gasteiger partial charge in [-0.05, 0) is 19.4 Å². The van der Waals surface area contributed by atoms with Crippen LogP contribution in [0.3, 0.4) is 0 Å². The van der Waals surface area contributed by atoms with E-state index in [2.05, 4.69) is 22.7 Å². The van der Waals surface area contributed by atoms with Crippen molar-refractivity contribution < 1.29 is 4.79 Å². The molecule has 1 amide bonds. The molecule has 17 heavy (non-hydrogen) atoms. The van der Waals surface area contributed by atoms with Crippen LogP contribution in [-0.2, 0) is 11.8 Å². The highest BCUT2D eigenvalue weighted by atomic mass is 16.2. The lowest BCUT2D eigenvalue weighted by Crippen LogP contribution is -2.38. The van der Waals surface area contributed by atoms with E-state index >= 15 is 0 Å². The molecule has 2 rings (SSSR count). The topological polar surface area (TPSA) is 59.0 Å². The van der Waals surface area contributed by atoms with Crippen molar-refractivity contribution in [3.05, 3.63) is 12.3 Å². The van der Waals surface area contributed by atoms with Crippen LogP contribution in [0.2, 0.25) is 0 Å². The summed E-state index contributed by atoms with van der Waals surface area (Å²) < 4.78 is 1.69. The fourth-order valence-electron chi connectivity index (χ4n) is 2.47. The van der Waals surface area contributed by atoms with E-state index in [1.54, 1.807) is 4.68 Å². The third kappa shape index (κ3) is 2.49. The Morgan fingerprint density at radius 2 is 2.53 bits per heavy atom. The van der Waals surface area contributed by atoms with Gasteiger partial charge in [0, 0.05) is 25.9 Å². The van der Waals surface area contributed by atoms with Gasteiger partial charge < -0.3 is 10.6 Å². The number of nitrogens with zero attached hydrogens (tertiary/aromatic N) is 2. The maximum Gasteiger partial charge on any atom is 0.233 e. The molecule has 1 aliphatic rings. The van der Waals surface area contributed by atoms with Crippen LogP contribution in [0, 0.1) is 5.41 Å². The zero-order valence-electron chi connectivity index (χ0n) is 10.5. The third-order valence-electron chi connectivity index (χ3n) is 3.41. The number of aryl methyl sites for hydroxylation is 1. The van der Waals surface area contributed by atoms with Crippen LogP contribution in [0.5, 0.6) is 0 Å². The Kier molecular flexibility index (Phi) is 3.47. The first-order valence-corrected chi connectivity index (χ1v) is 6.18. The molecular formula is C12H20N4O. The molecule has 0 saturated carbocycles. The number of hydrogen-bond acceptors (Lipinski definition) is 3. The van der Waals surface area contributed by atoms with E-state index in [0.717, 1.165) is 32.4 Å². The van der Waals surface area contributed by atoms with Gasteiger partial charge in [-0.3, -0.25) is 9.48 Å². The Morgan fingerprint density at radius 1 is 1.71 bits per heavy atom. The van der Waals surface area contributed by atoms with E-state index in [9.17, 15) is 4.79 Å². The summed E-state index contributed by atoms with van der Waals surface area (Å²) in [6, 6.07) is 1.82. The van der Waals surface area contributed by atoms with Crippen LogP contribution in [0.1, 0.15) is 26.2 Å². The molecule has 1 unspecified atom stereocenters. The average Bonchev–Trinajstić information content (AvgIpc) is 2.89. The molecule has 2 N–H and O–H groups in total. The number of amides is 1. The standard InChI is InChI=1S/C12H20N4O/c1-3-5-12(6-7-13-9-12)11(17)14-10-4-8-16(2)15-10/h4,8,13H,3,5-7,9H2,1-2H3,(H,14,15,17). The van der Waals surface area contributed by atoms with Crippen molar-refractivity contribution in [3.8, 4) is 0 Å². The van der Waals surface area contributed by atoms with Gasteiger partial charge in [-0.1, -0.05) is 13.3 Å². The fourth-order valence-corrected chi connectivity index (χ4v) is 2.47. The van der Waals surface area contributed by atoms with Gasteiger partial charge >= 0.3 is 0 Å². The number of rotatable bonds is 4. The first-order chi connectivity index (χ1) is 8.16. The predicted molar refractivity (Wildman–Crippen MR) is 66.7 cm³/mol. The zero-order chi connectivity index (χ0) is 12.3. The van der Waals surface area contributed by atoms with Crippen molar-refractivity contribution in [1.82, 2.24) is 15.1 Å². The summed E-state index contributed by atoms with van der Waals surface area (Å²) in [5.74, 6) is 0.739. The molecular weight excluding hydrogens is 216 g/mol. The predicted octanol–water partition coefficient (Wildman–Crippen LogP) is 1.14. The number of anilines is 1. The van der Waals surface area contributed by atoms with Crippen molar-refractivity contribution in [3.63, 3.8) is 0 Å². The van der Waals surface area contributed by atoms with E-state index in [1.807, 2.05) is 19.3 Å². The summed E-state index contributed by atoms with van der Waals surface area (Å²) in [4.78, 5) is 12.3. The van der Waals surface area contributed by atoms with Gasteiger partial charge in [0.25, 0.3) is 0 Å². The Morgan fingerprint density at radius 3 is 3.06 bits per heavy atom. The van der Waals surface area contributed by atoms with E-state index in [0.29, 0.717) is 5.82 Å². The second-order valence-corrected chi connectivity index (χ2v) is 4.79. The highest BCUT2D eigenvalue weighted by molar-refractivity contribution is 5.95. The van der Waals surface area contributed by atoms with E-state index < -0.39 is 0 Å². The molecule has 1 atom stereocenters. The lowest BCUT2D eigenvalue weighted by Gasteiger charge is -2.25. The molecule has 5 heteroatoms. The molecule has 1 aromatic heterocycles. The Labute approximate surface area is 102 Å². The summed E-state index contributed by atoms with van der Waals surface area (Å²) in [6.07, 6.45) is 4.70. The number of hydrogen-bond donors (Lipinski definition) is 2. The summed E-state index contributed by atoms with van der Waals surface area (Å²) in [6.45, 7) is 3.82. The molecule has 94 valence electrons. The summed E-state index contributed by atoms with van der Waals surface area (Å²) in [5.41, 5.74) is -0.244. The Balaban J connectivity index is 2.06. The van der Waals surface area contributed by atoms with Crippen LogP contribution in [-0.4, -0.2) is 28.8 Å². The van der Waals surface area contributed by atoms with E-state index in [-0.39, 0.29) is 11.3 Å². The number of carbonyl (C=O) groups excluding carboxylic acids is 1. The molecule has 0 radical (unpaired) electrons.